The molecule has 1 saturated heterocycles. The second kappa shape index (κ2) is 9.48. The van der Waals surface area contributed by atoms with Gasteiger partial charge in [-0.2, -0.15) is 0 Å². The van der Waals surface area contributed by atoms with Gasteiger partial charge in [-0.3, -0.25) is 14.4 Å². The molecule has 1 amide bonds. The SMILES string of the molecule is C[C@H]1C(=O)C(=O)[C@@H](c2ccccc2)SN1Cc1cc(F)c(C(C)(C)OCC(N)=O)cc1F. The number of carbonyl (C=O) groups excluding carboxylic acids is 3. The number of nitrogens with zero attached hydrogens (tertiary/aromatic N) is 1. The van der Waals surface area contributed by atoms with E-state index in [1.165, 1.54) is 13.8 Å². The minimum absolute atomic E-state index is 0.0326. The second-order valence-electron chi connectivity index (χ2n) is 8.06. The number of Topliss-reactive ketones (excluding diaryl/α,β-unsaturated/α-hetero) is 2. The molecule has 32 heavy (non-hydrogen) atoms. The summed E-state index contributed by atoms with van der Waals surface area (Å²) in [6.07, 6.45) is 0. The monoisotopic (exact) mass is 462 g/mol. The third-order valence-electron chi connectivity index (χ3n) is 5.32. The average molecular weight is 463 g/mol. The van der Waals surface area contributed by atoms with E-state index < -0.39 is 52.6 Å². The fraction of sp³-hybridized carbons (Fsp3) is 0.348. The Kier molecular flexibility index (Phi) is 7.12. The van der Waals surface area contributed by atoms with Gasteiger partial charge in [0.25, 0.3) is 0 Å². The van der Waals surface area contributed by atoms with Crippen molar-refractivity contribution in [1.29, 1.82) is 0 Å². The van der Waals surface area contributed by atoms with Gasteiger partial charge in [-0.15, -0.1) is 0 Å². The van der Waals surface area contributed by atoms with E-state index in [0.29, 0.717) is 5.56 Å². The van der Waals surface area contributed by atoms with Gasteiger partial charge in [-0.1, -0.05) is 42.3 Å². The number of rotatable bonds is 7. The molecule has 0 saturated carbocycles. The molecule has 0 unspecified atom stereocenters. The Labute approximate surface area is 189 Å². The summed E-state index contributed by atoms with van der Waals surface area (Å²) >= 11 is 1.13. The Hall–Kier alpha value is -2.62. The van der Waals surface area contributed by atoms with E-state index in [2.05, 4.69) is 0 Å². The normalized spacial score (nSPS) is 19.9. The zero-order valence-corrected chi connectivity index (χ0v) is 18.7. The largest absolute Gasteiger partial charge is 0.368 e. The molecule has 3 rings (SSSR count). The van der Waals surface area contributed by atoms with Crippen molar-refractivity contribution >= 4 is 29.4 Å². The van der Waals surface area contributed by atoms with Crippen molar-refractivity contribution < 1.29 is 27.9 Å². The molecule has 9 heteroatoms. The summed E-state index contributed by atoms with van der Waals surface area (Å²) in [4.78, 5) is 36.1. The van der Waals surface area contributed by atoms with Crippen LogP contribution in [0.25, 0.3) is 0 Å². The van der Waals surface area contributed by atoms with Crippen molar-refractivity contribution in [3.63, 3.8) is 0 Å². The van der Waals surface area contributed by atoms with Gasteiger partial charge in [0.2, 0.25) is 17.5 Å². The summed E-state index contributed by atoms with van der Waals surface area (Å²) in [7, 11) is 0. The highest BCUT2D eigenvalue weighted by Gasteiger charge is 2.41. The van der Waals surface area contributed by atoms with Crippen molar-refractivity contribution in [2.45, 2.75) is 44.2 Å². The van der Waals surface area contributed by atoms with E-state index in [1.807, 2.05) is 0 Å². The van der Waals surface area contributed by atoms with Crippen LogP contribution in [0.3, 0.4) is 0 Å². The van der Waals surface area contributed by atoms with Crippen LogP contribution < -0.4 is 5.73 Å². The van der Waals surface area contributed by atoms with Crippen molar-refractivity contribution in [1.82, 2.24) is 4.31 Å². The van der Waals surface area contributed by atoms with Crippen LogP contribution in [-0.2, 0) is 31.3 Å². The van der Waals surface area contributed by atoms with Gasteiger partial charge < -0.3 is 10.5 Å². The highest BCUT2D eigenvalue weighted by Crippen LogP contribution is 2.40. The summed E-state index contributed by atoms with van der Waals surface area (Å²) in [5.41, 5.74) is 4.42. The molecular formula is C23H24F2N2O4S. The van der Waals surface area contributed by atoms with Gasteiger partial charge in [0.15, 0.2) is 0 Å². The average Bonchev–Trinajstić information content (AvgIpc) is 2.75. The van der Waals surface area contributed by atoms with Gasteiger partial charge in [-0.25, -0.2) is 13.1 Å². The van der Waals surface area contributed by atoms with Gasteiger partial charge in [-0.05, 0) is 38.5 Å². The fourth-order valence-corrected chi connectivity index (χ4v) is 4.68. The predicted octanol–water partition coefficient (Wildman–Crippen LogP) is 3.43. The van der Waals surface area contributed by atoms with Gasteiger partial charge in [0, 0.05) is 17.7 Å². The minimum Gasteiger partial charge on any atom is -0.368 e. The molecule has 0 spiro atoms. The van der Waals surface area contributed by atoms with Crippen LogP contribution in [-0.4, -0.2) is 34.4 Å². The standard InChI is InChI=1S/C23H24F2N2O4S/c1-13-20(29)21(30)22(14-7-5-4-6-8-14)32-27(13)11-15-9-18(25)16(10-17(15)24)23(2,3)31-12-19(26)28/h4-10,13,22H,11-12H2,1-3H3,(H2,26,28)/t13-,22+/m0/s1. The lowest BCUT2D eigenvalue weighted by Crippen LogP contribution is -2.45. The molecule has 2 N–H and O–H groups in total. The van der Waals surface area contributed by atoms with Crippen LogP contribution in [0.1, 0.15) is 42.7 Å². The molecule has 2 aromatic rings. The van der Waals surface area contributed by atoms with E-state index in [9.17, 15) is 23.2 Å². The summed E-state index contributed by atoms with van der Waals surface area (Å²) in [5, 5.41) is -0.742. The maximum atomic E-state index is 14.9. The Balaban J connectivity index is 1.86. The first-order chi connectivity index (χ1) is 15.0. The van der Waals surface area contributed by atoms with Crippen LogP contribution in [0.2, 0.25) is 0 Å². The Morgan fingerprint density at radius 2 is 1.78 bits per heavy atom. The number of amides is 1. The van der Waals surface area contributed by atoms with Crippen LogP contribution in [0.4, 0.5) is 8.78 Å². The second-order valence-corrected chi connectivity index (χ2v) is 9.22. The van der Waals surface area contributed by atoms with E-state index in [0.717, 1.165) is 24.1 Å². The summed E-state index contributed by atoms with van der Waals surface area (Å²) in [6, 6.07) is 10.1. The highest BCUT2D eigenvalue weighted by molar-refractivity contribution is 7.98. The quantitative estimate of drug-likeness (QED) is 0.501. The lowest BCUT2D eigenvalue weighted by Gasteiger charge is -2.35. The lowest BCUT2D eigenvalue weighted by atomic mass is 9.95. The molecule has 1 aliphatic heterocycles. The maximum absolute atomic E-state index is 14.9. The molecule has 1 fully saturated rings. The van der Waals surface area contributed by atoms with Gasteiger partial charge >= 0.3 is 0 Å². The van der Waals surface area contributed by atoms with Crippen molar-refractivity contribution in [2.24, 2.45) is 5.73 Å². The first-order valence-electron chi connectivity index (χ1n) is 9.98. The van der Waals surface area contributed by atoms with Crippen molar-refractivity contribution in [2.75, 3.05) is 6.61 Å². The molecule has 0 aliphatic carbocycles. The third-order valence-corrected chi connectivity index (χ3v) is 6.73. The molecule has 170 valence electrons. The molecule has 0 bridgehead atoms. The molecular weight excluding hydrogens is 438 g/mol. The molecule has 6 nitrogen and oxygen atoms in total. The summed E-state index contributed by atoms with van der Waals surface area (Å²) in [5.74, 6) is -3.21. The maximum Gasteiger partial charge on any atom is 0.243 e. The minimum atomic E-state index is -1.29. The lowest BCUT2D eigenvalue weighted by molar-refractivity contribution is -0.139. The van der Waals surface area contributed by atoms with Crippen LogP contribution in [0.15, 0.2) is 42.5 Å². The molecule has 1 heterocycles. The first-order valence-corrected chi connectivity index (χ1v) is 10.8. The van der Waals surface area contributed by atoms with Crippen LogP contribution in [0.5, 0.6) is 0 Å². The Morgan fingerprint density at radius 3 is 2.41 bits per heavy atom. The molecule has 2 atom stereocenters. The van der Waals surface area contributed by atoms with E-state index in [-0.39, 0.29) is 17.7 Å². The number of nitrogens with two attached hydrogens (primary N) is 1. The summed E-state index contributed by atoms with van der Waals surface area (Å²) in [6.45, 7) is 4.06. The van der Waals surface area contributed by atoms with Crippen molar-refractivity contribution in [3.05, 3.63) is 70.8 Å². The molecule has 2 aromatic carbocycles. The topological polar surface area (TPSA) is 89.7 Å². The zero-order chi connectivity index (χ0) is 23.6. The number of carbonyl (C=O) groups is 3. The number of halogens is 2. The Morgan fingerprint density at radius 1 is 1.12 bits per heavy atom. The highest BCUT2D eigenvalue weighted by atomic mass is 32.2. The zero-order valence-electron chi connectivity index (χ0n) is 17.9. The van der Waals surface area contributed by atoms with Gasteiger partial charge in [0.05, 0.1) is 11.6 Å². The summed E-state index contributed by atoms with van der Waals surface area (Å²) < 4.78 is 36.7. The number of ketones is 2. The van der Waals surface area contributed by atoms with E-state index >= 15 is 0 Å². The number of primary amides is 1. The van der Waals surface area contributed by atoms with Crippen LogP contribution in [0, 0.1) is 11.6 Å². The predicted molar refractivity (Wildman–Crippen MR) is 116 cm³/mol. The third kappa shape index (κ3) is 5.06. The molecule has 0 aromatic heterocycles. The smallest absolute Gasteiger partial charge is 0.243 e. The van der Waals surface area contributed by atoms with Crippen molar-refractivity contribution in [3.8, 4) is 0 Å². The number of ether oxygens (including phenoxy) is 1. The Bertz CT molecular complexity index is 1050. The molecule has 0 radical (unpaired) electrons. The molecule has 1 aliphatic rings. The van der Waals surface area contributed by atoms with E-state index in [4.69, 9.17) is 10.5 Å². The van der Waals surface area contributed by atoms with Gasteiger partial charge in [0.1, 0.15) is 23.5 Å². The number of benzene rings is 2. The fourth-order valence-electron chi connectivity index (χ4n) is 3.42. The number of hydrogen-bond acceptors (Lipinski definition) is 6. The number of hydrogen-bond donors (Lipinski definition) is 1. The van der Waals surface area contributed by atoms with E-state index in [1.54, 1.807) is 41.6 Å². The van der Waals surface area contributed by atoms with Crippen LogP contribution >= 0.6 is 11.9 Å². The first kappa shape index (κ1) is 24.0.